The highest BCUT2D eigenvalue weighted by atomic mass is 16.5. The summed E-state index contributed by atoms with van der Waals surface area (Å²) in [5.41, 5.74) is 1.59. The summed E-state index contributed by atoms with van der Waals surface area (Å²) < 4.78 is 11.7. The summed E-state index contributed by atoms with van der Waals surface area (Å²) in [6.07, 6.45) is 3.49. The minimum atomic E-state index is -0.334. The number of amides is 1. The molecule has 0 bridgehead atoms. The molecule has 0 spiro atoms. The number of benzene rings is 1. The van der Waals surface area contributed by atoms with E-state index in [4.69, 9.17) is 9.47 Å². The standard InChI is InChI=1S/C25H32N2O4/c1-17-8-9-20-19(16-17)23(28)21-22(18-6-3-2-4-7-18)27(25(29)24(21)31-20)11-5-10-26-12-14-30-15-13-26/h2-4,6-7,17,19-20,22H,5,8-16H2,1H3. The van der Waals surface area contributed by atoms with E-state index in [9.17, 15) is 9.59 Å². The number of morpholine rings is 1. The van der Waals surface area contributed by atoms with E-state index in [0.717, 1.165) is 64.1 Å². The maximum absolute atomic E-state index is 13.6. The van der Waals surface area contributed by atoms with Crippen molar-refractivity contribution in [1.82, 2.24) is 9.80 Å². The Balaban J connectivity index is 1.40. The lowest BCUT2D eigenvalue weighted by Gasteiger charge is -2.37. The lowest BCUT2D eigenvalue weighted by Crippen LogP contribution is -2.41. The highest BCUT2D eigenvalue weighted by Crippen LogP contribution is 2.47. The van der Waals surface area contributed by atoms with Crippen LogP contribution in [0.5, 0.6) is 0 Å². The molecule has 4 unspecified atom stereocenters. The molecule has 166 valence electrons. The minimum Gasteiger partial charge on any atom is -0.483 e. The average Bonchev–Trinajstić information content (AvgIpc) is 3.08. The minimum absolute atomic E-state index is 0.115. The van der Waals surface area contributed by atoms with Crippen molar-refractivity contribution < 1.29 is 19.1 Å². The fraction of sp³-hybridized carbons (Fsp3) is 0.600. The van der Waals surface area contributed by atoms with E-state index in [1.807, 2.05) is 35.2 Å². The van der Waals surface area contributed by atoms with Crippen LogP contribution in [0.3, 0.4) is 0 Å². The molecule has 6 heteroatoms. The summed E-state index contributed by atoms with van der Waals surface area (Å²) in [6, 6.07) is 9.63. The van der Waals surface area contributed by atoms with Crippen molar-refractivity contribution in [2.24, 2.45) is 11.8 Å². The molecular weight excluding hydrogens is 392 g/mol. The number of rotatable bonds is 5. The maximum atomic E-state index is 13.6. The van der Waals surface area contributed by atoms with Gasteiger partial charge in [-0.2, -0.15) is 0 Å². The van der Waals surface area contributed by atoms with Crippen LogP contribution >= 0.6 is 0 Å². The largest absolute Gasteiger partial charge is 0.483 e. The zero-order valence-corrected chi connectivity index (χ0v) is 18.3. The molecular formula is C25H32N2O4. The third-order valence-corrected chi connectivity index (χ3v) is 7.30. The van der Waals surface area contributed by atoms with Gasteiger partial charge in [-0.25, -0.2) is 0 Å². The zero-order valence-electron chi connectivity index (χ0n) is 18.3. The highest BCUT2D eigenvalue weighted by Gasteiger charge is 2.52. The van der Waals surface area contributed by atoms with Gasteiger partial charge in [0.05, 0.1) is 30.7 Å². The van der Waals surface area contributed by atoms with E-state index in [1.165, 1.54) is 0 Å². The molecule has 31 heavy (non-hydrogen) atoms. The maximum Gasteiger partial charge on any atom is 0.290 e. The summed E-state index contributed by atoms with van der Waals surface area (Å²) >= 11 is 0. The molecule has 0 aromatic heterocycles. The van der Waals surface area contributed by atoms with Crippen molar-refractivity contribution >= 4 is 11.7 Å². The Kier molecular flexibility index (Phi) is 5.85. The Labute approximate surface area is 184 Å². The van der Waals surface area contributed by atoms with Crippen LogP contribution in [-0.4, -0.2) is 67.0 Å². The molecule has 1 aromatic carbocycles. The number of fused-ring (bicyclic) bond motifs is 1. The first-order valence-electron chi connectivity index (χ1n) is 11.7. The van der Waals surface area contributed by atoms with Gasteiger partial charge >= 0.3 is 0 Å². The predicted octanol–water partition coefficient (Wildman–Crippen LogP) is 2.95. The number of nitrogens with zero attached hydrogens (tertiary/aromatic N) is 2. The summed E-state index contributed by atoms with van der Waals surface area (Å²) in [6.45, 7) is 7.17. The van der Waals surface area contributed by atoms with Crippen molar-refractivity contribution in [3.8, 4) is 0 Å². The zero-order chi connectivity index (χ0) is 21.4. The number of ether oxygens (including phenoxy) is 2. The van der Waals surface area contributed by atoms with Crippen LogP contribution in [0.4, 0.5) is 0 Å². The molecule has 2 fully saturated rings. The van der Waals surface area contributed by atoms with Crippen molar-refractivity contribution in [3.63, 3.8) is 0 Å². The number of carbonyl (C=O) groups excluding carboxylic acids is 2. The fourth-order valence-electron chi connectivity index (χ4n) is 5.63. The van der Waals surface area contributed by atoms with E-state index in [1.54, 1.807) is 0 Å². The molecule has 6 nitrogen and oxygen atoms in total. The lowest BCUT2D eigenvalue weighted by molar-refractivity contribution is -0.136. The second-order valence-electron chi connectivity index (χ2n) is 9.41. The molecule has 3 aliphatic heterocycles. The fourth-order valence-corrected chi connectivity index (χ4v) is 5.63. The Morgan fingerprint density at radius 1 is 1.03 bits per heavy atom. The third-order valence-electron chi connectivity index (χ3n) is 7.30. The van der Waals surface area contributed by atoms with Crippen LogP contribution in [0.25, 0.3) is 0 Å². The van der Waals surface area contributed by atoms with Gasteiger partial charge in [0.2, 0.25) is 0 Å². The quantitative estimate of drug-likeness (QED) is 0.727. The normalized spacial score (nSPS) is 31.5. The van der Waals surface area contributed by atoms with Crippen LogP contribution in [-0.2, 0) is 19.1 Å². The van der Waals surface area contributed by atoms with Crippen LogP contribution in [0.2, 0.25) is 0 Å². The van der Waals surface area contributed by atoms with Crippen molar-refractivity contribution in [3.05, 3.63) is 47.2 Å². The molecule has 1 saturated heterocycles. The van der Waals surface area contributed by atoms with Crippen molar-refractivity contribution in [1.29, 1.82) is 0 Å². The summed E-state index contributed by atoms with van der Waals surface area (Å²) in [5.74, 6) is 0.746. The average molecular weight is 425 g/mol. The summed E-state index contributed by atoms with van der Waals surface area (Å²) in [4.78, 5) is 31.3. The first-order chi connectivity index (χ1) is 15.1. The van der Waals surface area contributed by atoms with Gasteiger partial charge in [-0.1, -0.05) is 37.3 Å². The third kappa shape index (κ3) is 3.92. The molecule has 0 radical (unpaired) electrons. The molecule has 4 aliphatic rings. The van der Waals surface area contributed by atoms with Crippen molar-refractivity contribution in [2.45, 2.75) is 44.8 Å². The molecule has 1 amide bonds. The van der Waals surface area contributed by atoms with E-state index in [2.05, 4.69) is 11.8 Å². The van der Waals surface area contributed by atoms with Crippen LogP contribution in [0.15, 0.2) is 41.7 Å². The van der Waals surface area contributed by atoms with Crippen molar-refractivity contribution in [2.75, 3.05) is 39.4 Å². The molecule has 1 saturated carbocycles. The molecule has 1 aromatic rings. The predicted molar refractivity (Wildman–Crippen MR) is 116 cm³/mol. The Morgan fingerprint density at radius 3 is 2.58 bits per heavy atom. The Bertz CT molecular complexity index is 862. The first kappa shape index (κ1) is 20.7. The second-order valence-corrected chi connectivity index (χ2v) is 9.41. The summed E-state index contributed by atoms with van der Waals surface area (Å²) in [7, 11) is 0. The van der Waals surface area contributed by atoms with E-state index < -0.39 is 0 Å². The van der Waals surface area contributed by atoms with Crippen LogP contribution in [0.1, 0.15) is 44.2 Å². The van der Waals surface area contributed by atoms with Gasteiger partial charge in [0.15, 0.2) is 11.5 Å². The number of carbonyl (C=O) groups is 2. The van der Waals surface area contributed by atoms with Gasteiger partial charge in [0.1, 0.15) is 6.10 Å². The molecule has 4 atom stereocenters. The monoisotopic (exact) mass is 424 g/mol. The van der Waals surface area contributed by atoms with Gasteiger partial charge < -0.3 is 14.4 Å². The molecule has 0 N–H and O–H groups in total. The summed E-state index contributed by atoms with van der Waals surface area (Å²) in [5, 5.41) is 0. The van der Waals surface area contributed by atoms with Gasteiger partial charge in [0.25, 0.3) is 5.91 Å². The van der Waals surface area contributed by atoms with E-state index in [-0.39, 0.29) is 29.8 Å². The smallest absolute Gasteiger partial charge is 0.290 e. The number of hydrogen-bond acceptors (Lipinski definition) is 5. The molecule has 3 heterocycles. The van der Waals surface area contributed by atoms with E-state index in [0.29, 0.717) is 23.8 Å². The van der Waals surface area contributed by atoms with Gasteiger partial charge in [-0.15, -0.1) is 0 Å². The van der Waals surface area contributed by atoms with Crippen LogP contribution < -0.4 is 0 Å². The Hall–Kier alpha value is -2.18. The number of Topliss-reactive ketones (excluding diaryl/α,β-unsaturated/α-hetero) is 1. The SMILES string of the molecule is CC1CCC2OC3=C(C(=O)C2C1)C(c1ccccc1)N(CCCN1CCOCC1)C3=O. The molecule has 1 aliphatic carbocycles. The van der Waals surface area contributed by atoms with Crippen LogP contribution in [0, 0.1) is 11.8 Å². The molecule has 5 rings (SSSR count). The second kappa shape index (κ2) is 8.75. The number of ketones is 1. The van der Waals surface area contributed by atoms with Gasteiger partial charge in [-0.3, -0.25) is 14.5 Å². The van der Waals surface area contributed by atoms with Gasteiger partial charge in [0, 0.05) is 26.2 Å². The topological polar surface area (TPSA) is 59.1 Å². The lowest BCUT2D eigenvalue weighted by atomic mass is 9.74. The highest BCUT2D eigenvalue weighted by molar-refractivity contribution is 6.11. The number of hydrogen-bond donors (Lipinski definition) is 0. The first-order valence-corrected chi connectivity index (χ1v) is 11.7. The Morgan fingerprint density at radius 2 is 1.81 bits per heavy atom. The van der Waals surface area contributed by atoms with E-state index >= 15 is 0 Å². The van der Waals surface area contributed by atoms with Gasteiger partial charge in [-0.05, 0) is 37.2 Å².